The maximum Gasteiger partial charge on any atom is 0.303 e. The number of esters is 4. The highest BCUT2D eigenvalue weighted by Gasteiger charge is 2.52. The second kappa shape index (κ2) is 19.7. The van der Waals surface area contributed by atoms with Gasteiger partial charge in [-0.15, -0.1) is 10.2 Å². The first kappa shape index (κ1) is 42.1. The van der Waals surface area contributed by atoms with E-state index in [2.05, 4.69) is 15.5 Å². The molecule has 8 unspecified atom stereocenters. The van der Waals surface area contributed by atoms with E-state index in [9.17, 15) is 24.3 Å². The lowest BCUT2D eigenvalue weighted by molar-refractivity contribution is -0.251. The van der Waals surface area contributed by atoms with Crippen LogP contribution in [0, 0.1) is 6.92 Å². The summed E-state index contributed by atoms with van der Waals surface area (Å²) in [5.74, 6) is -2.13. The zero-order valence-electron chi connectivity index (χ0n) is 30.8. The Morgan fingerprint density at radius 3 is 2.16 bits per heavy atom. The molecule has 2 aliphatic rings. The van der Waals surface area contributed by atoms with Crippen LogP contribution in [0.2, 0.25) is 0 Å². The fraction of sp³-hybridized carbons (Fsp3) is 0.486. The number of aliphatic hydroxyl groups excluding tert-OH is 1. The predicted octanol–water partition coefficient (Wildman–Crippen LogP) is 4.93. The minimum absolute atomic E-state index is 0.0364. The minimum Gasteiger partial charge on any atom is -0.463 e. The zero-order chi connectivity index (χ0) is 39.6. The average Bonchev–Trinajstić information content (AvgIpc) is 3.56. The van der Waals surface area contributed by atoms with Crippen LogP contribution in [-0.2, 0) is 58.9 Å². The van der Waals surface area contributed by atoms with Gasteiger partial charge in [-0.05, 0) is 30.2 Å². The summed E-state index contributed by atoms with van der Waals surface area (Å²) in [6.45, 7) is 6.21. The summed E-state index contributed by atoms with van der Waals surface area (Å²) in [5, 5.41) is 22.0. The van der Waals surface area contributed by atoms with Gasteiger partial charge in [0.1, 0.15) is 23.8 Å². The van der Waals surface area contributed by atoms with Gasteiger partial charge in [-0.2, -0.15) is 0 Å². The molecule has 3 heterocycles. The second-order valence-electron chi connectivity index (χ2n) is 12.9. The molecule has 2 aliphatic heterocycles. The fourth-order valence-electron chi connectivity index (χ4n) is 6.16. The van der Waals surface area contributed by atoms with Crippen LogP contribution in [0.3, 0.4) is 0 Å². The van der Waals surface area contributed by atoms with Crippen molar-refractivity contribution < 1.29 is 57.4 Å². The van der Waals surface area contributed by atoms with Gasteiger partial charge in [0.15, 0.2) is 28.9 Å². The number of hydrogen-bond acceptors (Lipinski definition) is 17. The third kappa shape index (κ3) is 12.2. The molecule has 5 rings (SSSR count). The Morgan fingerprint density at radius 2 is 1.55 bits per heavy atom. The topological polar surface area (TPSA) is 191 Å². The minimum atomic E-state index is -1.30. The van der Waals surface area contributed by atoms with Crippen molar-refractivity contribution in [3.05, 3.63) is 70.2 Å². The lowest BCUT2D eigenvalue weighted by atomic mass is 9.92. The highest BCUT2D eigenvalue weighted by Crippen LogP contribution is 2.40. The van der Waals surface area contributed by atoms with E-state index >= 15 is 0 Å². The highest BCUT2D eigenvalue weighted by molar-refractivity contribution is 8.01. The number of thioether (sulfide) groups is 1. The number of carbonyl (C=O) groups excluding carboxylic acids is 4. The molecule has 2 N–H and O–H groups in total. The number of carbonyl (C=O) groups is 4. The zero-order valence-corrected chi connectivity index (χ0v) is 33.3. The van der Waals surface area contributed by atoms with Crippen molar-refractivity contribution in [1.29, 1.82) is 0 Å². The van der Waals surface area contributed by atoms with Crippen LogP contribution in [-0.4, -0.2) is 93.2 Å². The first-order chi connectivity index (χ1) is 26.3. The van der Waals surface area contributed by atoms with Gasteiger partial charge in [0.2, 0.25) is 0 Å². The van der Waals surface area contributed by atoms with Gasteiger partial charge in [0.25, 0.3) is 0 Å². The Bertz CT molecular complexity index is 1830. The van der Waals surface area contributed by atoms with Crippen molar-refractivity contribution in [2.75, 3.05) is 17.7 Å². The van der Waals surface area contributed by atoms with Gasteiger partial charge in [-0.3, -0.25) is 19.2 Å². The third-order valence-electron chi connectivity index (χ3n) is 8.43. The summed E-state index contributed by atoms with van der Waals surface area (Å²) in [6, 6.07) is 15.0. The van der Waals surface area contributed by atoms with E-state index in [1.165, 1.54) is 25.2 Å². The molecule has 18 heteroatoms. The maximum absolute atomic E-state index is 12.3. The van der Waals surface area contributed by atoms with Crippen LogP contribution >= 0.6 is 35.3 Å². The van der Waals surface area contributed by atoms with E-state index in [0.717, 1.165) is 39.9 Å². The molecule has 2 fully saturated rings. The number of aromatic nitrogens is 2. The summed E-state index contributed by atoms with van der Waals surface area (Å²) in [7, 11) is 0. The molecule has 3 aromatic rings. The fourth-order valence-corrected chi connectivity index (χ4v) is 8.31. The molecule has 0 saturated carbocycles. The Kier molecular flexibility index (Phi) is 15.1. The average molecular weight is 818 g/mol. The van der Waals surface area contributed by atoms with Crippen LogP contribution < -0.4 is 5.32 Å². The van der Waals surface area contributed by atoms with Crippen molar-refractivity contribution in [1.82, 2.24) is 10.2 Å². The van der Waals surface area contributed by atoms with Gasteiger partial charge in [0, 0.05) is 57.5 Å². The number of ether oxygens (including phenoxy) is 7. The number of thiocarbonyl (C=S) groups is 1. The van der Waals surface area contributed by atoms with Crippen LogP contribution in [0.4, 0.5) is 5.69 Å². The van der Waals surface area contributed by atoms with Crippen molar-refractivity contribution in [2.24, 2.45) is 0 Å². The van der Waals surface area contributed by atoms with Crippen LogP contribution in [0.15, 0.2) is 52.9 Å². The molecule has 1 aromatic heterocycles. The molecule has 15 nitrogen and oxygen atoms in total. The lowest BCUT2D eigenvalue weighted by Crippen LogP contribution is -2.62. The number of benzene rings is 2. The normalized spacial score (nSPS) is 25.0. The van der Waals surface area contributed by atoms with Gasteiger partial charge < -0.3 is 43.6 Å². The summed E-state index contributed by atoms with van der Waals surface area (Å²) in [4.78, 5) is 48.6. The van der Waals surface area contributed by atoms with Crippen molar-refractivity contribution in [3.8, 4) is 0 Å². The first-order valence-electron chi connectivity index (χ1n) is 17.4. The Balaban J connectivity index is 1.34. The molecule has 0 aliphatic carbocycles. The predicted molar refractivity (Wildman–Crippen MR) is 203 cm³/mol. The summed E-state index contributed by atoms with van der Waals surface area (Å²) < 4.78 is 41.9. The quantitative estimate of drug-likeness (QED) is 0.0963. The maximum atomic E-state index is 12.3. The lowest BCUT2D eigenvalue weighted by Gasteiger charge is -2.44. The van der Waals surface area contributed by atoms with Crippen LogP contribution in [0.1, 0.15) is 74.6 Å². The summed E-state index contributed by atoms with van der Waals surface area (Å²) in [5.41, 5.74) is 3.07. The molecule has 8 atom stereocenters. The summed E-state index contributed by atoms with van der Waals surface area (Å²) >= 11 is 8.85. The SMILES string of the molecule is CC(=O)OCC1OC(CC(=S)Nc2cccc(C3OC(CSc4nnc(C)s4)CC(c4ccc(CO)cc4)O3)c2)C(OC(C)=O)C(OC(C)=O)C1OC(C)=O. The van der Waals surface area contributed by atoms with Crippen molar-refractivity contribution in [3.63, 3.8) is 0 Å². The molecule has 0 bridgehead atoms. The van der Waals surface area contributed by atoms with Crippen LogP contribution in [0.25, 0.3) is 0 Å². The molecule has 55 heavy (non-hydrogen) atoms. The number of anilines is 1. The number of aryl methyl sites for hydroxylation is 1. The first-order valence-corrected chi connectivity index (χ1v) is 19.6. The van der Waals surface area contributed by atoms with E-state index in [1.54, 1.807) is 11.8 Å². The van der Waals surface area contributed by atoms with E-state index in [4.69, 9.17) is 45.4 Å². The Morgan fingerprint density at radius 1 is 0.873 bits per heavy atom. The molecule has 0 amide bonds. The van der Waals surface area contributed by atoms with E-state index in [1.807, 2.05) is 55.5 Å². The summed E-state index contributed by atoms with van der Waals surface area (Å²) in [6.07, 6.45) is -6.59. The highest BCUT2D eigenvalue weighted by atomic mass is 32.2. The van der Waals surface area contributed by atoms with Gasteiger partial charge >= 0.3 is 23.9 Å². The number of aliphatic hydroxyl groups is 1. The van der Waals surface area contributed by atoms with Crippen molar-refractivity contribution >= 4 is 69.9 Å². The largest absolute Gasteiger partial charge is 0.463 e. The number of nitrogens with zero attached hydrogens (tertiary/aromatic N) is 2. The van der Waals surface area contributed by atoms with E-state index < -0.39 is 60.7 Å². The van der Waals surface area contributed by atoms with Crippen LogP contribution in [0.5, 0.6) is 0 Å². The van der Waals surface area contributed by atoms with Crippen molar-refractivity contribution in [2.45, 2.75) is 107 Å². The third-order valence-corrected chi connectivity index (χ3v) is 10.8. The second-order valence-corrected chi connectivity index (χ2v) is 15.8. The number of hydrogen-bond donors (Lipinski definition) is 2. The Labute approximate surface area is 331 Å². The monoisotopic (exact) mass is 817 g/mol. The molecule has 2 saturated heterocycles. The molecule has 296 valence electrons. The molecule has 2 aromatic carbocycles. The molecule has 0 spiro atoms. The van der Waals surface area contributed by atoms with Gasteiger partial charge in [-0.1, -0.05) is 71.7 Å². The Hall–Kier alpha value is -4.04. The van der Waals surface area contributed by atoms with Gasteiger partial charge in [0.05, 0.1) is 23.8 Å². The van der Waals surface area contributed by atoms with E-state index in [-0.39, 0.29) is 36.8 Å². The number of nitrogens with one attached hydrogen (secondary N) is 1. The number of rotatable bonds is 14. The van der Waals surface area contributed by atoms with Gasteiger partial charge in [-0.25, -0.2) is 0 Å². The smallest absolute Gasteiger partial charge is 0.303 e. The molecule has 0 radical (unpaired) electrons. The molecular weight excluding hydrogens is 775 g/mol. The molecular formula is C37H43N3O12S3. The van der Waals surface area contributed by atoms with E-state index in [0.29, 0.717) is 17.9 Å². The standard InChI is InChI=1S/C37H43N3O12S3/c1-19-39-40-37(55-19)54-18-28-14-29(25-11-9-24(16-41)10-12-25)52-36(50-28)26-7-6-8-27(13-26)38-32(53)15-30-33(47-21(3)43)35(49-23(5)45)34(48-22(4)44)31(51-30)17-46-20(2)42/h6-13,28-31,33-36,41H,14-18H2,1-5H3,(H,38,53).